The lowest BCUT2D eigenvalue weighted by Gasteiger charge is -2.01. The second kappa shape index (κ2) is 4.77. The van der Waals surface area contributed by atoms with Crippen LogP contribution < -0.4 is 0 Å². The summed E-state index contributed by atoms with van der Waals surface area (Å²) in [4.78, 5) is 10.7. The van der Waals surface area contributed by atoms with Gasteiger partial charge in [-0.15, -0.1) is 0 Å². The summed E-state index contributed by atoms with van der Waals surface area (Å²) in [6.07, 6.45) is 1.33. The minimum absolute atomic E-state index is 0.205. The van der Waals surface area contributed by atoms with Gasteiger partial charge in [0.1, 0.15) is 5.78 Å². The Morgan fingerprint density at radius 2 is 2.15 bits per heavy atom. The minimum Gasteiger partial charge on any atom is -0.300 e. The zero-order valence-electron chi connectivity index (χ0n) is 7.31. The first-order valence-electron chi connectivity index (χ1n) is 4.02. The lowest BCUT2D eigenvalue weighted by molar-refractivity contribution is -0.116. The van der Waals surface area contributed by atoms with Gasteiger partial charge in [-0.2, -0.15) is 0 Å². The summed E-state index contributed by atoms with van der Waals surface area (Å²) < 4.78 is 0.957. The van der Waals surface area contributed by atoms with E-state index in [1.165, 1.54) is 0 Å². The van der Waals surface area contributed by atoms with Crippen molar-refractivity contribution in [2.75, 3.05) is 0 Å². The summed E-state index contributed by atoms with van der Waals surface area (Å²) in [5.41, 5.74) is 1.09. The SMILES string of the molecule is CC(=O)CCc1cc(Cl)cc(Br)c1. The molecule has 1 aromatic carbocycles. The molecule has 70 valence electrons. The highest BCUT2D eigenvalue weighted by molar-refractivity contribution is 9.10. The van der Waals surface area contributed by atoms with Crippen LogP contribution in [0.3, 0.4) is 0 Å². The molecular weight excluding hydrogens is 251 g/mol. The molecule has 0 heterocycles. The molecule has 0 bridgehead atoms. The summed E-state index contributed by atoms with van der Waals surface area (Å²) in [5, 5.41) is 0.702. The summed E-state index contributed by atoms with van der Waals surface area (Å²) >= 11 is 9.20. The maximum absolute atomic E-state index is 10.7. The van der Waals surface area contributed by atoms with Crippen molar-refractivity contribution in [2.24, 2.45) is 0 Å². The molecule has 0 atom stereocenters. The minimum atomic E-state index is 0.205. The summed E-state index contributed by atoms with van der Waals surface area (Å²) in [6, 6.07) is 5.70. The van der Waals surface area contributed by atoms with Gasteiger partial charge in [-0.1, -0.05) is 27.5 Å². The van der Waals surface area contributed by atoms with Gasteiger partial charge >= 0.3 is 0 Å². The number of benzene rings is 1. The second-order valence-electron chi connectivity index (χ2n) is 2.98. The molecule has 0 N–H and O–H groups in total. The third kappa shape index (κ3) is 3.92. The van der Waals surface area contributed by atoms with E-state index in [-0.39, 0.29) is 5.78 Å². The van der Waals surface area contributed by atoms with Gasteiger partial charge in [-0.25, -0.2) is 0 Å². The van der Waals surface area contributed by atoms with E-state index in [0.29, 0.717) is 11.4 Å². The van der Waals surface area contributed by atoms with E-state index in [9.17, 15) is 4.79 Å². The number of aryl methyl sites for hydroxylation is 1. The molecule has 0 saturated carbocycles. The third-order valence-electron chi connectivity index (χ3n) is 1.69. The lowest BCUT2D eigenvalue weighted by atomic mass is 10.1. The van der Waals surface area contributed by atoms with Gasteiger partial charge in [-0.05, 0) is 37.1 Å². The first-order valence-corrected chi connectivity index (χ1v) is 5.19. The van der Waals surface area contributed by atoms with Gasteiger partial charge in [0.25, 0.3) is 0 Å². The molecule has 13 heavy (non-hydrogen) atoms. The molecule has 0 aromatic heterocycles. The number of hydrogen-bond donors (Lipinski definition) is 0. The first kappa shape index (κ1) is 10.7. The molecule has 0 aliphatic carbocycles. The molecule has 3 heteroatoms. The Kier molecular flexibility index (Phi) is 3.94. The molecule has 0 aliphatic heterocycles. The van der Waals surface area contributed by atoms with Crippen LogP contribution in [0.5, 0.6) is 0 Å². The van der Waals surface area contributed by atoms with E-state index < -0.39 is 0 Å². The van der Waals surface area contributed by atoms with Crippen LogP contribution in [0.25, 0.3) is 0 Å². The number of hydrogen-bond acceptors (Lipinski definition) is 1. The van der Waals surface area contributed by atoms with Crippen molar-refractivity contribution in [1.29, 1.82) is 0 Å². The van der Waals surface area contributed by atoms with Gasteiger partial charge in [0.15, 0.2) is 0 Å². The lowest BCUT2D eigenvalue weighted by Crippen LogP contribution is -1.93. The van der Waals surface area contributed by atoms with Crippen LogP contribution >= 0.6 is 27.5 Å². The van der Waals surface area contributed by atoms with Crippen LogP contribution in [0.2, 0.25) is 5.02 Å². The van der Waals surface area contributed by atoms with Crippen molar-refractivity contribution in [2.45, 2.75) is 19.8 Å². The van der Waals surface area contributed by atoms with Gasteiger partial charge in [0, 0.05) is 15.9 Å². The summed E-state index contributed by atoms with van der Waals surface area (Å²) in [5.74, 6) is 0.205. The topological polar surface area (TPSA) is 17.1 Å². The summed E-state index contributed by atoms with van der Waals surface area (Å²) in [7, 11) is 0. The van der Waals surface area contributed by atoms with Crippen molar-refractivity contribution in [3.8, 4) is 0 Å². The normalized spacial score (nSPS) is 10.1. The molecule has 0 saturated heterocycles. The Bertz CT molecular complexity index is 302. The first-order chi connectivity index (χ1) is 6.08. The monoisotopic (exact) mass is 260 g/mol. The van der Waals surface area contributed by atoms with Crippen molar-refractivity contribution < 1.29 is 4.79 Å². The Balaban J connectivity index is 2.71. The average Bonchev–Trinajstić information content (AvgIpc) is 1.99. The number of Topliss-reactive ketones (excluding diaryl/α,β-unsaturated/α-hetero) is 1. The zero-order valence-corrected chi connectivity index (χ0v) is 9.65. The van der Waals surface area contributed by atoms with E-state index in [0.717, 1.165) is 16.5 Å². The molecule has 0 amide bonds. The van der Waals surface area contributed by atoms with Gasteiger partial charge < -0.3 is 4.79 Å². The van der Waals surface area contributed by atoms with Gasteiger partial charge in [0.2, 0.25) is 0 Å². The van der Waals surface area contributed by atoms with Crippen LogP contribution in [-0.2, 0) is 11.2 Å². The number of halogens is 2. The van der Waals surface area contributed by atoms with Crippen LogP contribution in [0, 0.1) is 0 Å². The van der Waals surface area contributed by atoms with Gasteiger partial charge in [0.05, 0.1) is 0 Å². The second-order valence-corrected chi connectivity index (χ2v) is 4.33. The highest BCUT2D eigenvalue weighted by Gasteiger charge is 1.99. The van der Waals surface area contributed by atoms with Gasteiger partial charge in [-0.3, -0.25) is 0 Å². The van der Waals surface area contributed by atoms with E-state index in [4.69, 9.17) is 11.6 Å². The Labute approximate surface area is 91.2 Å². The smallest absolute Gasteiger partial charge is 0.130 e. The Morgan fingerprint density at radius 3 is 2.69 bits per heavy atom. The van der Waals surface area contributed by atoms with Crippen LogP contribution in [0.15, 0.2) is 22.7 Å². The zero-order chi connectivity index (χ0) is 9.84. The molecule has 1 aromatic rings. The molecule has 0 aliphatic rings. The molecule has 0 spiro atoms. The predicted octanol–water partition coefficient (Wildman–Crippen LogP) is 3.62. The third-order valence-corrected chi connectivity index (χ3v) is 2.36. The van der Waals surface area contributed by atoms with E-state index in [1.54, 1.807) is 6.92 Å². The van der Waals surface area contributed by atoms with E-state index in [2.05, 4.69) is 15.9 Å². The number of rotatable bonds is 3. The standard InChI is InChI=1S/C10H10BrClO/c1-7(13)2-3-8-4-9(11)6-10(12)5-8/h4-6H,2-3H2,1H3. The van der Waals surface area contributed by atoms with E-state index >= 15 is 0 Å². The fourth-order valence-electron chi connectivity index (χ4n) is 1.08. The molecule has 0 radical (unpaired) electrons. The number of ketones is 1. The van der Waals surface area contributed by atoms with E-state index in [1.807, 2.05) is 18.2 Å². The highest BCUT2D eigenvalue weighted by atomic mass is 79.9. The highest BCUT2D eigenvalue weighted by Crippen LogP contribution is 2.20. The fraction of sp³-hybridized carbons (Fsp3) is 0.300. The number of carbonyl (C=O) groups excluding carboxylic acids is 1. The quantitative estimate of drug-likeness (QED) is 0.812. The maximum atomic E-state index is 10.7. The maximum Gasteiger partial charge on any atom is 0.130 e. The largest absolute Gasteiger partial charge is 0.300 e. The average molecular weight is 262 g/mol. The van der Waals surface area contributed by atoms with Crippen molar-refractivity contribution >= 4 is 33.3 Å². The molecule has 0 unspecified atom stereocenters. The van der Waals surface area contributed by atoms with Crippen molar-refractivity contribution in [3.05, 3.63) is 33.3 Å². The molecule has 1 nitrogen and oxygen atoms in total. The Hall–Kier alpha value is -0.340. The molecular formula is C10H10BrClO. The van der Waals surface area contributed by atoms with Crippen molar-refractivity contribution in [3.63, 3.8) is 0 Å². The molecule has 0 fully saturated rings. The van der Waals surface area contributed by atoms with Crippen LogP contribution in [0.4, 0.5) is 0 Å². The van der Waals surface area contributed by atoms with Crippen LogP contribution in [0.1, 0.15) is 18.9 Å². The van der Waals surface area contributed by atoms with Crippen LogP contribution in [-0.4, -0.2) is 5.78 Å². The fourth-order valence-corrected chi connectivity index (χ4v) is 2.01. The summed E-state index contributed by atoms with van der Waals surface area (Å²) in [6.45, 7) is 1.60. The number of carbonyl (C=O) groups is 1. The predicted molar refractivity (Wildman–Crippen MR) is 58.2 cm³/mol. The van der Waals surface area contributed by atoms with Crippen molar-refractivity contribution in [1.82, 2.24) is 0 Å². The molecule has 1 rings (SSSR count). The Morgan fingerprint density at radius 1 is 1.46 bits per heavy atom.